The molecule has 0 fully saturated rings. The third-order valence-electron chi connectivity index (χ3n) is 14.0. The number of anilines is 6. The Labute approximate surface area is 347 Å². The lowest BCUT2D eigenvalue weighted by molar-refractivity contribution is 1.20. The molecular weight excluding hydrogens is 726 g/mol. The Morgan fingerprint density at radius 2 is 0.717 bits per heavy atom. The quantitative estimate of drug-likeness (QED) is 0.163. The van der Waals surface area contributed by atoms with Crippen LogP contribution in [0.1, 0.15) is 0 Å². The predicted molar refractivity (Wildman–Crippen MR) is 254 cm³/mol. The van der Waals surface area contributed by atoms with Crippen molar-refractivity contribution >= 4 is 113 Å². The molecule has 0 saturated heterocycles. The van der Waals surface area contributed by atoms with Crippen LogP contribution in [0, 0.1) is 0 Å². The van der Waals surface area contributed by atoms with E-state index in [1.54, 1.807) is 0 Å². The lowest BCUT2D eigenvalue weighted by Gasteiger charge is -2.48. The lowest BCUT2D eigenvalue weighted by Crippen LogP contribution is -2.61. The molecule has 274 valence electrons. The van der Waals surface area contributed by atoms with Crippen LogP contribution in [0.15, 0.2) is 194 Å². The number of rotatable bonds is 2. The number of nitrogens with zero attached hydrogens (tertiary/aromatic N) is 4. The van der Waals surface area contributed by atoms with E-state index in [4.69, 9.17) is 0 Å². The van der Waals surface area contributed by atoms with Gasteiger partial charge in [0.2, 0.25) is 0 Å². The summed E-state index contributed by atoms with van der Waals surface area (Å²) in [5, 5.41) is 7.52. The molecule has 60 heavy (non-hydrogen) atoms. The Balaban J connectivity index is 1.23. The van der Waals surface area contributed by atoms with Gasteiger partial charge in [0.1, 0.15) is 0 Å². The summed E-state index contributed by atoms with van der Waals surface area (Å²) >= 11 is 0. The second-order valence-corrected chi connectivity index (χ2v) is 16.9. The van der Waals surface area contributed by atoms with E-state index in [2.05, 4.69) is 213 Å². The summed E-state index contributed by atoms with van der Waals surface area (Å²) in [6, 6.07) is 68.4. The summed E-state index contributed by atoms with van der Waals surface area (Å²) in [5.41, 5.74) is 20.4. The van der Waals surface area contributed by atoms with E-state index in [1.807, 2.05) is 0 Å². The molecular formula is C54H32B2N4. The highest BCUT2D eigenvalue weighted by molar-refractivity contribution is 6.93. The van der Waals surface area contributed by atoms with Gasteiger partial charge < -0.3 is 18.8 Å². The highest BCUT2D eigenvalue weighted by Crippen LogP contribution is 2.55. The Kier molecular flexibility index (Phi) is 5.78. The summed E-state index contributed by atoms with van der Waals surface area (Å²) in [6.45, 7) is -0.129. The van der Waals surface area contributed by atoms with E-state index >= 15 is 0 Å². The maximum atomic E-state index is 2.62. The second-order valence-electron chi connectivity index (χ2n) is 16.9. The van der Waals surface area contributed by atoms with Crippen LogP contribution in [-0.2, 0) is 0 Å². The van der Waals surface area contributed by atoms with Crippen molar-refractivity contribution in [1.82, 2.24) is 8.96 Å². The molecule has 11 aromatic rings. The summed E-state index contributed by atoms with van der Waals surface area (Å²) in [4.78, 5) is 5.25. The number of benzene rings is 9. The van der Waals surface area contributed by atoms with Gasteiger partial charge in [0.05, 0.1) is 11.4 Å². The molecule has 0 aliphatic carbocycles. The SMILES string of the molecule is c1ccc(N2c3cc4ccccc4cc3B3c4c(c5c6c(c42)-c2cccc4ccn(c24)B6c2cc4ccccc4cc2N5c2ccccc2)-c2cccc4ccn3c24)cc1. The molecule has 0 saturated carbocycles. The summed E-state index contributed by atoms with van der Waals surface area (Å²) in [6.07, 6.45) is 4.69. The molecule has 0 bridgehead atoms. The molecule has 4 aliphatic heterocycles. The van der Waals surface area contributed by atoms with Gasteiger partial charge in [-0.25, -0.2) is 0 Å². The largest absolute Gasteiger partial charge is 0.382 e. The third-order valence-corrected chi connectivity index (χ3v) is 14.0. The minimum absolute atomic E-state index is 0.0643. The zero-order valence-electron chi connectivity index (χ0n) is 32.4. The highest BCUT2D eigenvalue weighted by Gasteiger charge is 2.51. The molecule has 2 aromatic heterocycles. The van der Waals surface area contributed by atoms with E-state index in [-0.39, 0.29) is 13.7 Å². The minimum atomic E-state index is -0.0643. The number of hydrogen-bond donors (Lipinski definition) is 0. The van der Waals surface area contributed by atoms with Crippen LogP contribution in [0.25, 0.3) is 65.6 Å². The summed E-state index contributed by atoms with van der Waals surface area (Å²) in [7, 11) is 0. The molecule has 0 unspecified atom stereocenters. The normalized spacial score (nSPS) is 13.9. The molecule has 4 nitrogen and oxygen atoms in total. The van der Waals surface area contributed by atoms with E-state index in [0.717, 1.165) is 11.4 Å². The molecule has 6 heterocycles. The van der Waals surface area contributed by atoms with Crippen LogP contribution in [0.5, 0.6) is 0 Å². The Hall–Kier alpha value is -7.69. The van der Waals surface area contributed by atoms with Crippen LogP contribution < -0.4 is 31.7 Å². The third kappa shape index (κ3) is 3.76. The molecule has 0 amide bonds. The van der Waals surface area contributed by atoms with Gasteiger partial charge in [-0.05, 0) is 115 Å². The van der Waals surface area contributed by atoms with Crippen molar-refractivity contribution in [3.05, 3.63) is 194 Å². The Morgan fingerprint density at radius 3 is 1.15 bits per heavy atom. The molecule has 0 spiro atoms. The van der Waals surface area contributed by atoms with Gasteiger partial charge in [-0.2, -0.15) is 0 Å². The van der Waals surface area contributed by atoms with Crippen LogP contribution in [-0.4, -0.2) is 22.7 Å². The first-order valence-electron chi connectivity index (χ1n) is 21.0. The molecule has 0 radical (unpaired) electrons. The van der Waals surface area contributed by atoms with Crippen molar-refractivity contribution < 1.29 is 0 Å². The van der Waals surface area contributed by atoms with Gasteiger partial charge in [-0.3, -0.25) is 0 Å². The van der Waals surface area contributed by atoms with Crippen molar-refractivity contribution in [2.75, 3.05) is 9.80 Å². The Bertz CT molecular complexity index is 3450. The fraction of sp³-hybridized carbons (Fsp3) is 0. The second kappa shape index (κ2) is 11.1. The lowest BCUT2D eigenvalue weighted by atomic mass is 9.40. The summed E-state index contributed by atoms with van der Waals surface area (Å²) in [5.74, 6) is 0. The summed E-state index contributed by atoms with van der Waals surface area (Å²) < 4.78 is 5.18. The van der Waals surface area contributed by atoms with Gasteiger partial charge in [0, 0.05) is 56.0 Å². The van der Waals surface area contributed by atoms with Crippen molar-refractivity contribution in [1.29, 1.82) is 0 Å². The first-order chi connectivity index (χ1) is 29.8. The monoisotopic (exact) mass is 758 g/mol. The fourth-order valence-corrected chi connectivity index (χ4v) is 11.7. The smallest absolute Gasteiger partial charge is 0.332 e. The number of fused-ring (bicyclic) bond motifs is 12. The average Bonchev–Trinajstić information content (AvgIpc) is 3.94. The van der Waals surface area contributed by atoms with Gasteiger partial charge >= 0.3 is 13.7 Å². The van der Waals surface area contributed by atoms with E-state index in [1.165, 1.54) is 110 Å². The van der Waals surface area contributed by atoms with E-state index in [0.29, 0.717) is 0 Å². The van der Waals surface area contributed by atoms with Crippen molar-refractivity contribution in [2.45, 2.75) is 0 Å². The zero-order valence-corrected chi connectivity index (χ0v) is 32.4. The van der Waals surface area contributed by atoms with Gasteiger partial charge in [-0.1, -0.05) is 133 Å². The van der Waals surface area contributed by atoms with Crippen LogP contribution in [0.3, 0.4) is 0 Å². The maximum absolute atomic E-state index is 2.62. The molecule has 0 atom stereocenters. The topological polar surface area (TPSA) is 16.3 Å². The van der Waals surface area contributed by atoms with Gasteiger partial charge in [-0.15, -0.1) is 0 Å². The van der Waals surface area contributed by atoms with Crippen LogP contribution in [0.2, 0.25) is 0 Å². The molecule has 0 N–H and O–H groups in total. The first-order valence-corrected chi connectivity index (χ1v) is 21.0. The Morgan fingerprint density at radius 1 is 0.333 bits per heavy atom. The van der Waals surface area contributed by atoms with Gasteiger partial charge in [0.25, 0.3) is 0 Å². The van der Waals surface area contributed by atoms with Crippen LogP contribution in [0.4, 0.5) is 34.1 Å². The number of hydrogen-bond acceptors (Lipinski definition) is 2. The molecule has 4 aliphatic rings. The maximum Gasteiger partial charge on any atom is 0.332 e. The molecule has 9 aromatic carbocycles. The zero-order chi connectivity index (χ0) is 38.8. The number of para-hydroxylation sites is 4. The molecule has 6 heteroatoms. The minimum Gasteiger partial charge on any atom is -0.382 e. The van der Waals surface area contributed by atoms with E-state index in [9.17, 15) is 0 Å². The van der Waals surface area contributed by atoms with E-state index < -0.39 is 0 Å². The number of aromatic nitrogens is 2. The highest BCUT2D eigenvalue weighted by atomic mass is 15.2. The van der Waals surface area contributed by atoms with Gasteiger partial charge in [0.15, 0.2) is 0 Å². The standard InChI is InChI=1S/C54H32B2N4/c1-3-19-39(20-4-1)59-45-31-37-15-9-7-13-35(37)29-43(45)55-49-48(42-24-12-18-34-25-27-57(55)52(34)42)54-50-47(53(49)59)41-23-11-17-33-26-28-58(51(33)41)56(50)44-30-36-14-8-10-16-38(36)32-46(44)60(54)40-21-5-2-6-22-40/h1-32H. The van der Waals surface area contributed by atoms with Crippen molar-refractivity contribution in [2.24, 2.45) is 0 Å². The van der Waals surface area contributed by atoms with Crippen molar-refractivity contribution in [3.8, 4) is 22.3 Å². The predicted octanol–water partition coefficient (Wildman–Crippen LogP) is 10.7. The molecule has 15 rings (SSSR count). The van der Waals surface area contributed by atoms with Crippen LogP contribution >= 0.6 is 0 Å². The van der Waals surface area contributed by atoms with Crippen molar-refractivity contribution in [3.63, 3.8) is 0 Å². The fourth-order valence-electron chi connectivity index (χ4n) is 11.7. The first kappa shape index (κ1) is 31.3. The average molecular weight is 759 g/mol.